The van der Waals surface area contributed by atoms with E-state index in [1.165, 1.54) is 0 Å². The van der Waals surface area contributed by atoms with Crippen molar-refractivity contribution in [1.82, 2.24) is 0 Å². The Kier molecular flexibility index (Phi) is 15.0. The number of methoxy groups -OCH3 is 1. The standard InChI is InChI=1S/C48H48O8.CH4/c1-34(39-23-24-41-28-42(50-2)26-25-40(41)27-39)47(49)56-48-46(54-32-38-21-13-6-14-22-38)45(53-31-37-19-11-5-12-20-37)44(52-30-36-17-9-4-10-18-36)43(55-48)33-51-29-35-15-7-3-8-16-35;/h3-28,34,43-46,48H,29-33H2,1-2H3;1H4/t34-,43+,44+,45-,46+,48+;/m0./s1. The monoisotopic (exact) mass is 768 g/mol. The summed E-state index contributed by atoms with van der Waals surface area (Å²) in [4.78, 5) is 14.2. The first-order chi connectivity index (χ1) is 27.5. The molecule has 6 atom stereocenters. The van der Waals surface area contributed by atoms with Gasteiger partial charge in [0.1, 0.15) is 30.2 Å². The van der Waals surface area contributed by atoms with Crippen LogP contribution in [0.2, 0.25) is 0 Å². The molecule has 6 aromatic rings. The molecule has 1 aliphatic heterocycles. The minimum atomic E-state index is -1.14. The first-order valence-corrected chi connectivity index (χ1v) is 19.1. The van der Waals surface area contributed by atoms with E-state index in [-0.39, 0.29) is 27.2 Å². The molecule has 296 valence electrons. The number of benzene rings is 6. The number of carbonyl (C=O) groups is 1. The number of esters is 1. The van der Waals surface area contributed by atoms with Gasteiger partial charge in [-0.1, -0.05) is 153 Å². The zero-order valence-electron chi connectivity index (χ0n) is 31.8. The first kappa shape index (κ1) is 41.3. The molecule has 1 aliphatic rings. The molecule has 0 unspecified atom stereocenters. The van der Waals surface area contributed by atoms with Gasteiger partial charge >= 0.3 is 5.97 Å². The van der Waals surface area contributed by atoms with Crippen molar-refractivity contribution in [1.29, 1.82) is 0 Å². The lowest BCUT2D eigenvalue weighted by atomic mass is 9.96. The maximum atomic E-state index is 14.2. The van der Waals surface area contributed by atoms with Gasteiger partial charge in [-0.25, -0.2) is 0 Å². The van der Waals surface area contributed by atoms with E-state index in [0.29, 0.717) is 13.2 Å². The zero-order chi connectivity index (χ0) is 38.5. The van der Waals surface area contributed by atoms with Crippen molar-refractivity contribution in [2.75, 3.05) is 13.7 Å². The van der Waals surface area contributed by atoms with E-state index >= 15 is 0 Å². The normalized spacial score (nSPS) is 19.6. The fourth-order valence-corrected chi connectivity index (χ4v) is 6.83. The Hall–Kier alpha value is -5.35. The van der Waals surface area contributed by atoms with Crippen LogP contribution in [0.1, 0.15) is 48.1 Å². The summed E-state index contributed by atoms with van der Waals surface area (Å²) < 4.78 is 45.0. The summed E-state index contributed by atoms with van der Waals surface area (Å²) in [7, 11) is 1.65. The molecule has 1 saturated heterocycles. The third-order valence-corrected chi connectivity index (χ3v) is 10.00. The van der Waals surface area contributed by atoms with Crippen LogP contribution in [0.25, 0.3) is 10.8 Å². The molecule has 0 spiro atoms. The van der Waals surface area contributed by atoms with Gasteiger partial charge in [-0.05, 0) is 57.6 Å². The van der Waals surface area contributed by atoms with Gasteiger partial charge in [0, 0.05) is 0 Å². The van der Waals surface area contributed by atoms with Gasteiger partial charge in [-0.15, -0.1) is 0 Å². The molecular weight excluding hydrogens is 717 g/mol. The third kappa shape index (κ3) is 11.2. The van der Waals surface area contributed by atoms with Crippen molar-refractivity contribution < 1.29 is 38.0 Å². The molecule has 8 heteroatoms. The van der Waals surface area contributed by atoms with E-state index in [2.05, 4.69) is 0 Å². The van der Waals surface area contributed by atoms with Crippen molar-refractivity contribution in [3.8, 4) is 5.75 Å². The molecule has 7 rings (SSSR count). The van der Waals surface area contributed by atoms with Crippen molar-refractivity contribution in [3.63, 3.8) is 0 Å². The maximum absolute atomic E-state index is 14.2. The Morgan fingerprint density at radius 2 is 1.05 bits per heavy atom. The number of rotatable bonds is 17. The van der Waals surface area contributed by atoms with Crippen LogP contribution in [-0.2, 0) is 59.6 Å². The van der Waals surface area contributed by atoms with Crippen LogP contribution in [0.5, 0.6) is 5.75 Å². The van der Waals surface area contributed by atoms with Gasteiger partial charge in [0.05, 0.1) is 46.1 Å². The second-order valence-electron chi connectivity index (χ2n) is 14.0. The number of fused-ring (bicyclic) bond motifs is 1. The number of ether oxygens (including phenoxy) is 7. The summed E-state index contributed by atoms with van der Waals surface area (Å²) in [6, 6.07) is 51.5. The van der Waals surface area contributed by atoms with E-state index in [1.807, 2.05) is 165 Å². The molecule has 1 fully saturated rings. The maximum Gasteiger partial charge on any atom is 0.315 e. The zero-order valence-corrected chi connectivity index (χ0v) is 31.8. The van der Waals surface area contributed by atoms with Gasteiger partial charge in [-0.3, -0.25) is 4.79 Å². The van der Waals surface area contributed by atoms with Crippen LogP contribution in [-0.4, -0.2) is 50.4 Å². The van der Waals surface area contributed by atoms with Crippen LogP contribution in [0.15, 0.2) is 158 Å². The van der Waals surface area contributed by atoms with Crippen molar-refractivity contribution in [2.24, 2.45) is 0 Å². The molecule has 0 saturated carbocycles. The Bertz CT molecular complexity index is 2090. The number of hydrogen-bond acceptors (Lipinski definition) is 8. The second-order valence-corrected chi connectivity index (χ2v) is 14.0. The Labute approximate surface area is 336 Å². The largest absolute Gasteiger partial charge is 0.497 e. The number of carbonyl (C=O) groups excluding carboxylic acids is 1. The van der Waals surface area contributed by atoms with Gasteiger partial charge in [-0.2, -0.15) is 0 Å². The van der Waals surface area contributed by atoms with Gasteiger partial charge in [0.15, 0.2) is 0 Å². The summed E-state index contributed by atoms with van der Waals surface area (Å²) in [6.07, 6.45) is -4.04. The van der Waals surface area contributed by atoms with Crippen LogP contribution in [0, 0.1) is 0 Å². The molecule has 57 heavy (non-hydrogen) atoms. The average Bonchev–Trinajstić information content (AvgIpc) is 3.25. The average molecular weight is 769 g/mol. The van der Waals surface area contributed by atoms with Crippen LogP contribution in [0.3, 0.4) is 0 Å². The van der Waals surface area contributed by atoms with Crippen LogP contribution in [0.4, 0.5) is 0 Å². The minimum Gasteiger partial charge on any atom is -0.497 e. The molecule has 1 heterocycles. The molecule has 0 aromatic heterocycles. The van der Waals surface area contributed by atoms with E-state index in [9.17, 15) is 4.79 Å². The second kappa shape index (κ2) is 20.7. The Morgan fingerprint density at radius 3 is 1.60 bits per heavy atom. The van der Waals surface area contributed by atoms with Crippen molar-refractivity contribution in [3.05, 3.63) is 186 Å². The highest BCUT2D eigenvalue weighted by Gasteiger charge is 2.50. The van der Waals surface area contributed by atoms with Crippen molar-refractivity contribution >= 4 is 16.7 Å². The summed E-state index contributed by atoms with van der Waals surface area (Å²) in [6.45, 7) is 3.17. The number of hydrogen-bond donors (Lipinski definition) is 0. The topological polar surface area (TPSA) is 81.7 Å². The molecule has 0 radical (unpaired) electrons. The molecule has 0 aliphatic carbocycles. The Balaban J connectivity index is 0.00000549. The van der Waals surface area contributed by atoms with Gasteiger partial charge < -0.3 is 33.2 Å². The molecular formula is C49H52O8. The summed E-state index contributed by atoms with van der Waals surface area (Å²) in [5.41, 5.74) is 4.77. The highest BCUT2D eigenvalue weighted by atomic mass is 16.7. The van der Waals surface area contributed by atoms with Gasteiger partial charge in [0.2, 0.25) is 6.29 Å². The highest BCUT2D eigenvalue weighted by molar-refractivity contribution is 5.86. The van der Waals surface area contributed by atoms with E-state index < -0.39 is 42.6 Å². The smallest absolute Gasteiger partial charge is 0.315 e. The lowest BCUT2D eigenvalue weighted by molar-refractivity contribution is -0.320. The summed E-state index contributed by atoms with van der Waals surface area (Å²) in [5.74, 6) is -0.292. The molecule has 8 nitrogen and oxygen atoms in total. The first-order valence-electron chi connectivity index (χ1n) is 19.1. The molecule has 6 aromatic carbocycles. The lowest BCUT2D eigenvalue weighted by Gasteiger charge is -2.45. The van der Waals surface area contributed by atoms with Crippen LogP contribution >= 0.6 is 0 Å². The summed E-state index contributed by atoms with van der Waals surface area (Å²) >= 11 is 0. The Morgan fingerprint density at radius 1 is 0.579 bits per heavy atom. The molecule has 0 amide bonds. The predicted molar refractivity (Wildman–Crippen MR) is 222 cm³/mol. The molecule has 0 bridgehead atoms. The van der Waals surface area contributed by atoms with E-state index in [0.717, 1.165) is 44.3 Å². The SMILES string of the molecule is C.COc1ccc2cc([C@H](C)C(=O)O[C@H]3O[C@H](COCc4ccccc4)[C@@H](OCc4ccccc4)[C@H](OCc4ccccc4)[C@H]3OCc3ccccc3)ccc2c1. The fourth-order valence-electron chi connectivity index (χ4n) is 6.83. The third-order valence-electron chi connectivity index (χ3n) is 10.00. The van der Waals surface area contributed by atoms with Gasteiger partial charge in [0.25, 0.3) is 0 Å². The fraction of sp³-hybridized carbons (Fsp3) is 0.286. The predicted octanol–water partition coefficient (Wildman–Crippen LogP) is 9.83. The molecule has 0 N–H and O–H groups in total. The van der Waals surface area contributed by atoms with E-state index in [1.54, 1.807) is 7.11 Å². The highest BCUT2D eigenvalue weighted by Crippen LogP contribution is 2.33. The van der Waals surface area contributed by atoms with E-state index in [4.69, 9.17) is 33.2 Å². The summed E-state index contributed by atoms with van der Waals surface area (Å²) in [5, 5.41) is 2.00. The lowest BCUT2D eigenvalue weighted by Crippen LogP contribution is -2.62. The minimum absolute atomic E-state index is 0. The van der Waals surface area contributed by atoms with Crippen LogP contribution < -0.4 is 4.74 Å². The van der Waals surface area contributed by atoms with Crippen molar-refractivity contribution in [2.45, 2.75) is 77.4 Å². The quantitative estimate of drug-likeness (QED) is 0.0849.